The molecule has 1 atom stereocenters. The highest BCUT2D eigenvalue weighted by Crippen LogP contribution is 2.26. The lowest BCUT2D eigenvalue weighted by Gasteiger charge is -2.20. The number of thioether (sulfide) groups is 1. The van der Waals surface area contributed by atoms with E-state index in [-0.39, 0.29) is 11.2 Å². The van der Waals surface area contributed by atoms with E-state index < -0.39 is 0 Å². The first kappa shape index (κ1) is 12.0. The number of hydrogen-bond acceptors (Lipinski definition) is 2. The zero-order chi connectivity index (χ0) is 11.4. The van der Waals surface area contributed by atoms with Gasteiger partial charge >= 0.3 is 0 Å². The zero-order valence-corrected chi connectivity index (χ0v) is 11.3. The Kier molecular flexibility index (Phi) is 4.29. The highest BCUT2D eigenvalue weighted by atomic mass is 79.9. The minimum atomic E-state index is 0.132. The van der Waals surface area contributed by atoms with Gasteiger partial charge in [-0.25, -0.2) is 0 Å². The molecule has 2 nitrogen and oxygen atoms in total. The molecule has 1 aromatic carbocycles. The van der Waals surface area contributed by atoms with Crippen LogP contribution in [-0.4, -0.2) is 16.9 Å². The number of carbonyl (C=O) groups is 1. The first-order valence-electron chi connectivity index (χ1n) is 5.44. The van der Waals surface area contributed by atoms with E-state index >= 15 is 0 Å². The number of rotatable bonds is 2. The Morgan fingerprint density at radius 3 is 3.00 bits per heavy atom. The van der Waals surface area contributed by atoms with Crippen LogP contribution in [0.5, 0.6) is 0 Å². The zero-order valence-electron chi connectivity index (χ0n) is 8.91. The molecule has 0 aliphatic carbocycles. The summed E-state index contributed by atoms with van der Waals surface area (Å²) in [5.74, 6) is 1.25. The van der Waals surface area contributed by atoms with Crippen molar-refractivity contribution >= 4 is 39.3 Å². The van der Waals surface area contributed by atoms with E-state index in [0.29, 0.717) is 0 Å². The van der Waals surface area contributed by atoms with Crippen molar-refractivity contribution in [1.82, 2.24) is 0 Å². The van der Waals surface area contributed by atoms with Gasteiger partial charge in [0.25, 0.3) is 0 Å². The average molecular weight is 300 g/mol. The van der Waals surface area contributed by atoms with Crippen LogP contribution in [0.2, 0.25) is 0 Å². The van der Waals surface area contributed by atoms with Crippen LogP contribution in [0.3, 0.4) is 0 Å². The molecule has 1 aromatic rings. The average Bonchev–Trinajstić information content (AvgIpc) is 2.30. The van der Waals surface area contributed by atoms with Crippen molar-refractivity contribution in [3.63, 3.8) is 0 Å². The second-order valence-electron chi connectivity index (χ2n) is 3.85. The molecule has 1 unspecified atom stereocenters. The molecule has 1 saturated heterocycles. The van der Waals surface area contributed by atoms with Crippen molar-refractivity contribution in [2.75, 3.05) is 11.1 Å². The summed E-state index contributed by atoms with van der Waals surface area (Å²) in [6.45, 7) is 0. The number of carbonyl (C=O) groups excluding carboxylic acids is 1. The first-order valence-corrected chi connectivity index (χ1v) is 7.28. The maximum Gasteiger partial charge on any atom is 0.237 e. The molecule has 1 fully saturated rings. The molecule has 1 aliphatic heterocycles. The number of hydrogen-bond donors (Lipinski definition) is 1. The monoisotopic (exact) mass is 299 g/mol. The Labute approximate surface area is 108 Å². The molecule has 0 radical (unpaired) electrons. The Morgan fingerprint density at radius 1 is 1.44 bits per heavy atom. The fourth-order valence-electron chi connectivity index (χ4n) is 1.74. The lowest BCUT2D eigenvalue weighted by Crippen LogP contribution is -2.27. The molecule has 0 saturated carbocycles. The van der Waals surface area contributed by atoms with Crippen LogP contribution in [0.25, 0.3) is 0 Å². The van der Waals surface area contributed by atoms with E-state index in [1.54, 1.807) is 11.8 Å². The molecule has 1 aliphatic rings. The molecule has 1 heterocycles. The van der Waals surface area contributed by atoms with E-state index in [4.69, 9.17) is 0 Å². The summed E-state index contributed by atoms with van der Waals surface area (Å²) >= 11 is 5.16. The number of amides is 1. The summed E-state index contributed by atoms with van der Waals surface area (Å²) in [5, 5.41) is 3.09. The minimum Gasteiger partial charge on any atom is -0.325 e. The lowest BCUT2D eigenvalue weighted by molar-refractivity contribution is -0.115. The third kappa shape index (κ3) is 3.25. The van der Waals surface area contributed by atoms with Crippen molar-refractivity contribution in [3.05, 3.63) is 28.7 Å². The quantitative estimate of drug-likeness (QED) is 0.903. The van der Waals surface area contributed by atoms with Gasteiger partial charge in [-0.3, -0.25) is 4.79 Å². The molecule has 1 N–H and O–H groups in total. The molecule has 86 valence electrons. The van der Waals surface area contributed by atoms with E-state index in [9.17, 15) is 4.79 Å². The fourth-order valence-corrected chi connectivity index (χ4v) is 3.33. The highest BCUT2D eigenvalue weighted by molar-refractivity contribution is 9.10. The Hall–Kier alpha value is -0.480. The molecule has 16 heavy (non-hydrogen) atoms. The standard InChI is InChI=1S/C12H14BrNOS/c13-9-4-3-5-10(8-9)14-12(15)11-6-1-2-7-16-11/h3-5,8,11H,1-2,6-7H2,(H,14,15). The smallest absolute Gasteiger partial charge is 0.237 e. The highest BCUT2D eigenvalue weighted by Gasteiger charge is 2.21. The van der Waals surface area contributed by atoms with Gasteiger partial charge in [0.1, 0.15) is 0 Å². The molecule has 0 spiro atoms. The van der Waals surface area contributed by atoms with E-state index in [1.807, 2.05) is 24.3 Å². The Bertz CT molecular complexity index is 377. The van der Waals surface area contributed by atoms with Crippen LogP contribution in [-0.2, 0) is 4.79 Å². The molecule has 0 aromatic heterocycles. The summed E-state index contributed by atoms with van der Waals surface area (Å²) in [6, 6.07) is 7.71. The van der Waals surface area contributed by atoms with Gasteiger partial charge in [-0.1, -0.05) is 28.4 Å². The van der Waals surface area contributed by atoms with E-state index in [1.165, 1.54) is 12.8 Å². The van der Waals surface area contributed by atoms with E-state index in [0.717, 1.165) is 22.3 Å². The predicted molar refractivity (Wildman–Crippen MR) is 72.9 cm³/mol. The number of benzene rings is 1. The largest absolute Gasteiger partial charge is 0.325 e. The van der Waals surface area contributed by atoms with Crippen LogP contribution in [0.1, 0.15) is 19.3 Å². The molecule has 2 rings (SSSR count). The number of halogens is 1. The molecular formula is C12H14BrNOS. The SMILES string of the molecule is O=C(Nc1cccc(Br)c1)C1CCCCS1. The van der Waals surface area contributed by atoms with Gasteiger partial charge in [0.15, 0.2) is 0 Å². The summed E-state index contributed by atoms with van der Waals surface area (Å²) in [7, 11) is 0. The van der Waals surface area contributed by atoms with Gasteiger partial charge in [0, 0.05) is 10.2 Å². The van der Waals surface area contributed by atoms with Gasteiger partial charge in [0.2, 0.25) is 5.91 Å². The van der Waals surface area contributed by atoms with Gasteiger partial charge < -0.3 is 5.32 Å². The molecule has 4 heteroatoms. The van der Waals surface area contributed by atoms with Crippen LogP contribution >= 0.6 is 27.7 Å². The summed E-state index contributed by atoms with van der Waals surface area (Å²) in [5.41, 5.74) is 0.866. The van der Waals surface area contributed by atoms with Crippen LogP contribution in [0.4, 0.5) is 5.69 Å². The maximum atomic E-state index is 11.9. The number of anilines is 1. The van der Waals surface area contributed by atoms with Crippen LogP contribution in [0.15, 0.2) is 28.7 Å². The lowest BCUT2D eigenvalue weighted by atomic mass is 10.2. The fraction of sp³-hybridized carbons (Fsp3) is 0.417. The second kappa shape index (κ2) is 5.73. The molecule has 1 amide bonds. The molecule has 0 bridgehead atoms. The van der Waals surface area contributed by atoms with Gasteiger partial charge in [-0.15, -0.1) is 11.8 Å². The van der Waals surface area contributed by atoms with Crippen molar-refractivity contribution in [1.29, 1.82) is 0 Å². The third-order valence-electron chi connectivity index (χ3n) is 2.56. The summed E-state index contributed by atoms with van der Waals surface area (Å²) in [6.07, 6.45) is 3.42. The second-order valence-corrected chi connectivity index (χ2v) is 6.08. The topological polar surface area (TPSA) is 29.1 Å². The Balaban J connectivity index is 1.96. The van der Waals surface area contributed by atoms with Gasteiger partial charge in [-0.2, -0.15) is 0 Å². The minimum absolute atomic E-state index is 0.132. The summed E-state index contributed by atoms with van der Waals surface area (Å²) in [4.78, 5) is 11.9. The number of nitrogens with one attached hydrogen (secondary N) is 1. The summed E-state index contributed by atoms with van der Waals surface area (Å²) < 4.78 is 0.988. The first-order chi connectivity index (χ1) is 7.75. The van der Waals surface area contributed by atoms with Crippen molar-refractivity contribution in [2.45, 2.75) is 24.5 Å². The van der Waals surface area contributed by atoms with Gasteiger partial charge in [-0.05, 0) is 36.8 Å². The normalized spacial score (nSPS) is 20.4. The molecular weight excluding hydrogens is 286 g/mol. The maximum absolute atomic E-state index is 11.9. The van der Waals surface area contributed by atoms with Crippen molar-refractivity contribution in [2.24, 2.45) is 0 Å². The van der Waals surface area contributed by atoms with Crippen LogP contribution in [0, 0.1) is 0 Å². The van der Waals surface area contributed by atoms with E-state index in [2.05, 4.69) is 21.2 Å². The third-order valence-corrected chi connectivity index (χ3v) is 4.43. The van der Waals surface area contributed by atoms with Gasteiger partial charge in [0.05, 0.1) is 5.25 Å². The van der Waals surface area contributed by atoms with Crippen molar-refractivity contribution < 1.29 is 4.79 Å². The van der Waals surface area contributed by atoms with Crippen LogP contribution < -0.4 is 5.32 Å². The predicted octanol–water partition coefficient (Wildman–Crippen LogP) is 3.67. The Morgan fingerprint density at radius 2 is 2.31 bits per heavy atom. The van der Waals surface area contributed by atoms with Crippen molar-refractivity contribution in [3.8, 4) is 0 Å².